The van der Waals surface area contributed by atoms with Gasteiger partial charge in [0, 0.05) is 32.8 Å². The van der Waals surface area contributed by atoms with Crippen LogP contribution in [0.2, 0.25) is 0 Å². The SMILES string of the molecule is Cc1cc(-c2cc(C(C)(C)C)cc3c(C(C)(C)C)ccnc23)[c-]c(-c2cccc3c2nc(-c2cc(C(C)(C)C)ccc2O)n3C(C)(C)c2ccccc2)c1.[Pt]. The number of hydrogen-bond donors (Lipinski definition) is 1. The number of phenols is 1. The second kappa shape index (κ2) is 14.2. The van der Waals surface area contributed by atoms with Crippen molar-refractivity contribution in [1.29, 1.82) is 0 Å². The van der Waals surface area contributed by atoms with Crippen LogP contribution >= 0.6 is 0 Å². The van der Waals surface area contributed by atoms with Crippen molar-refractivity contribution in [2.75, 3.05) is 0 Å². The van der Waals surface area contributed by atoms with Gasteiger partial charge in [0.15, 0.2) is 0 Å². The van der Waals surface area contributed by atoms with E-state index < -0.39 is 5.54 Å². The summed E-state index contributed by atoms with van der Waals surface area (Å²) in [6, 6.07) is 38.1. The van der Waals surface area contributed by atoms with Crippen molar-refractivity contribution in [1.82, 2.24) is 14.5 Å². The zero-order valence-corrected chi connectivity index (χ0v) is 36.7. The van der Waals surface area contributed by atoms with Crippen molar-refractivity contribution in [3.63, 3.8) is 0 Å². The summed E-state index contributed by atoms with van der Waals surface area (Å²) in [7, 11) is 0. The van der Waals surface area contributed by atoms with Crippen molar-refractivity contribution < 1.29 is 26.2 Å². The summed E-state index contributed by atoms with van der Waals surface area (Å²) in [5.41, 5.74) is 12.9. The van der Waals surface area contributed by atoms with Gasteiger partial charge in [-0.2, -0.15) is 0 Å². The maximum Gasteiger partial charge on any atom is 0.144 e. The van der Waals surface area contributed by atoms with E-state index in [2.05, 4.69) is 173 Å². The zero-order chi connectivity index (χ0) is 39.0. The van der Waals surface area contributed by atoms with Gasteiger partial charge >= 0.3 is 0 Å². The third kappa shape index (κ3) is 7.43. The minimum absolute atomic E-state index is 0. The van der Waals surface area contributed by atoms with Gasteiger partial charge in [0.2, 0.25) is 0 Å². The number of rotatable bonds is 5. The number of imidazole rings is 1. The number of para-hydroxylation sites is 1. The van der Waals surface area contributed by atoms with Gasteiger partial charge in [-0.05, 0) is 82.0 Å². The van der Waals surface area contributed by atoms with Gasteiger partial charge in [-0.1, -0.05) is 141 Å². The van der Waals surface area contributed by atoms with Gasteiger partial charge in [0.1, 0.15) is 11.6 Å². The smallest absolute Gasteiger partial charge is 0.144 e. The number of aromatic nitrogens is 3. The van der Waals surface area contributed by atoms with Crippen LogP contribution in [0.15, 0.2) is 103 Å². The molecule has 0 saturated carbocycles. The summed E-state index contributed by atoms with van der Waals surface area (Å²) in [4.78, 5) is 10.5. The predicted octanol–water partition coefficient (Wildman–Crippen LogP) is 13.1. The minimum Gasteiger partial charge on any atom is -0.507 e. The predicted molar refractivity (Wildman–Crippen MR) is 228 cm³/mol. The first-order valence-corrected chi connectivity index (χ1v) is 19.1. The number of aromatic hydroxyl groups is 1. The average molecular weight is 908 g/mol. The number of phenolic OH excluding ortho intramolecular Hbond substituents is 1. The Balaban J connectivity index is 0.00000514. The molecule has 4 nitrogen and oxygen atoms in total. The number of nitrogens with zero attached hydrogens (tertiary/aromatic N) is 3. The van der Waals surface area contributed by atoms with Crippen LogP contribution in [-0.4, -0.2) is 19.6 Å². The monoisotopic (exact) mass is 907 g/mol. The molecule has 5 aromatic carbocycles. The van der Waals surface area contributed by atoms with Crippen molar-refractivity contribution in [2.24, 2.45) is 0 Å². The van der Waals surface area contributed by atoms with Crippen molar-refractivity contribution in [2.45, 2.75) is 105 Å². The van der Waals surface area contributed by atoms with E-state index in [4.69, 9.17) is 9.97 Å². The number of hydrogen-bond acceptors (Lipinski definition) is 3. The molecule has 0 amide bonds. The summed E-state index contributed by atoms with van der Waals surface area (Å²) >= 11 is 0. The van der Waals surface area contributed by atoms with Crippen LogP contribution < -0.4 is 0 Å². The van der Waals surface area contributed by atoms with Crippen molar-refractivity contribution in [3.8, 4) is 39.4 Å². The molecule has 2 aromatic heterocycles. The topological polar surface area (TPSA) is 50.9 Å². The Labute approximate surface area is 342 Å². The molecule has 0 fully saturated rings. The van der Waals surface area contributed by atoms with Crippen LogP contribution in [0.4, 0.5) is 0 Å². The van der Waals surface area contributed by atoms with E-state index in [0.29, 0.717) is 5.56 Å². The summed E-state index contributed by atoms with van der Waals surface area (Å²) in [6.07, 6.45) is 1.95. The van der Waals surface area contributed by atoms with E-state index >= 15 is 0 Å². The average Bonchev–Trinajstić information content (AvgIpc) is 3.50. The summed E-state index contributed by atoms with van der Waals surface area (Å²) < 4.78 is 2.30. The van der Waals surface area contributed by atoms with E-state index in [1.165, 1.54) is 16.5 Å². The van der Waals surface area contributed by atoms with Gasteiger partial charge in [0.25, 0.3) is 0 Å². The molecule has 0 radical (unpaired) electrons. The first-order valence-electron chi connectivity index (χ1n) is 19.1. The van der Waals surface area contributed by atoms with E-state index in [9.17, 15) is 5.11 Å². The molecule has 0 bridgehead atoms. The fourth-order valence-corrected chi connectivity index (χ4v) is 7.77. The van der Waals surface area contributed by atoms with Crippen LogP contribution in [0.1, 0.15) is 104 Å². The molecule has 5 heteroatoms. The Morgan fingerprint density at radius 1 is 0.582 bits per heavy atom. The van der Waals surface area contributed by atoms with Gasteiger partial charge < -0.3 is 9.67 Å². The third-order valence-corrected chi connectivity index (χ3v) is 10.9. The summed E-state index contributed by atoms with van der Waals surface area (Å²) in [5, 5.41) is 12.7. The first-order chi connectivity index (χ1) is 25.2. The van der Waals surface area contributed by atoms with Gasteiger partial charge in [0.05, 0.1) is 22.1 Å². The van der Waals surface area contributed by atoms with Gasteiger partial charge in [-0.25, -0.2) is 4.98 Å². The standard InChI is InChI=1S/C50H54N3O.Pt/c1-31-25-32(27-33(26-31)38-29-36(48(5,6)7)30-39-41(49(8,9)10)23-24-51-44(38)39)37-19-16-20-42-45(37)52-46(40-28-35(47(2,3)4)21-22-43(40)54)53(42)50(11,12)34-17-14-13-15-18-34;/h13-26,28-30,54H,1-12H3;/q-1;. The molecule has 55 heavy (non-hydrogen) atoms. The van der Waals surface area contributed by atoms with Gasteiger partial charge in [-0.15, -0.1) is 34.9 Å². The Morgan fingerprint density at radius 3 is 1.85 bits per heavy atom. The van der Waals surface area contributed by atoms with E-state index in [1.807, 2.05) is 24.4 Å². The Hall–Kier alpha value is -4.53. The zero-order valence-electron chi connectivity index (χ0n) is 34.4. The molecule has 0 aliphatic rings. The second-order valence-electron chi connectivity index (χ2n) is 18.6. The molecule has 0 aliphatic heterocycles. The number of pyridine rings is 1. The maximum atomic E-state index is 11.5. The fraction of sp³-hybridized carbons (Fsp3) is 0.320. The second-order valence-corrected chi connectivity index (χ2v) is 18.6. The van der Waals surface area contributed by atoms with Gasteiger partial charge in [-0.3, -0.25) is 4.98 Å². The fourth-order valence-electron chi connectivity index (χ4n) is 7.77. The summed E-state index contributed by atoms with van der Waals surface area (Å²) in [6.45, 7) is 26.8. The maximum absolute atomic E-state index is 11.5. The molecule has 0 unspecified atom stereocenters. The minimum atomic E-state index is -0.502. The molecule has 2 heterocycles. The molecule has 1 N–H and O–H groups in total. The van der Waals surface area contributed by atoms with Crippen LogP contribution in [0.25, 0.3) is 55.6 Å². The number of aryl methyl sites for hydroxylation is 1. The molecule has 0 atom stereocenters. The number of fused-ring (bicyclic) bond motifs is 2. The molecular weight excluding hydrogens is 854 g/mol. The third-order valence-electron chi connectivity index (χ3n) is 10.9. The molecule has 0 saturated heterocycles. The summed E-state index contributed by atoms with van der Waals surface area (Å²) in [5.74, 6) is 0.938. The van der Waals surface area contributed by atoms with Crippen molar-refractivity contribution in [3.05, 3.63) is 137 Å². The van der Waals surface area contributed by atoms with Crippen molar-refractivity contribution >= 4 is 21.9 Å². The normalized spacial score (nSPS) is 12.7. The Kier molecular flexibility index (Phi) is 10.4. The molecule has 0 spiro atoms. The van der Waals surface area contributed by atoms with Crippen LogP contribution in [0.5, 0.6) is 5.75 Å². The Morgan fingerprint density at radius 2 is 1.22 bits per heavy atom. The largest absolute Gasteiger partial charge is 0.507 e. The van der Waals surface area contributed by atoms with Crippen LogP contribution in [-0.2, 0) is 42.8 Å². The number of benzene rings is 5. The van der Waals surface area contributed by atoms with E-state index in [1.54, 1.807) is 0 Å². The molecule has 7 rings (SSSR count). The van der Waals surface area contributed by atoms with Crippen LogP contribution in [0, 0.1) is 13.0 Å². The molecule has 286 valence electrons. The van der Waals surface area contributed by atoms with E-state index in [-0.39, 0.29) is 43.1 Å². The molecule has 7 aromatic rings. The molecular formula is C50H54N3OPt-. The Bertz CT molecular complexity index is 2540. The van der Waals surface area contributed by atoms with Crippen LogP contribution in [0.3, 0.4) is 0 Å². The van der Waals surface area contributed by atoms with E-state index in [0.717, 1.165) is 61.3 Å². The quantitative estimate of drug-likeness (QED) is 0.175. The first kappa shape index (κ1) is 40.1. The molecule has 0 aliphatic carbocycles.